The second-order valence-corrected chi connectivity index (χ2v) is 9.23. The lowest BCUT2D eigenvalue weighted by Crippen LogP contribution is -2.36. The van der Waals surface area contributed by atoms with Crippen molar-refractivity contribution >= 4 is 29.8 Å². The van der Waals surface area contributed by atoms with Gasteiger partial charge in [0.25, 0.3) is 5.09 Å². The van der Waals surface area contributed by atoms with Gasteiger partial charge in [0.1, 0.15) is 24.7 Å². The molecule has 0 saturated heterocycles. The van der Waals surface area contributed by atoms with Gasteiger partial charge in [-0.3, -0.25) is 4.79 Å². The number of aryl methyl sites for hydroxylation is 1. The van der Waals surface area contributed by atoms with E-state index in [1.165, 1.54) is 0 Å². The van der Waals surface area contributed by atoms with Crippen LogP contribution in [0.3, 0.4) is 0 Å². The second kappa shape index (κ2) is 16.0. The fourth-order valence-electron chi connectivity index (χ4n) is 3.96. The van der Waals surface area contributed by atoms with E-state index in [0.717, 1.165) is 48.1 Å². The monoisotopic (exact) mass is 601 g/mol. The van der Waals surface area contributed by atoms with Crippen molar-refractivity contribution in [1.82, 2.24) is 14.7 Å². The highest BCUT2D eigenvalue weighted by atomic mass is 35.5. The van der Waals surface area contributed by atoms with Crippen LogP contribution < -0.4 is 11.6 Å². The maximum Gasteiger partial charge on any atom is 0.445 e. The van der Waals surface area contributed by atoms with Gasteiger partial charge in [-0.1, -0.05) is 73.5 Å². The molecule has 0 aliphatic carbocycles. The fraction of sp³-hybridized carbons (Fsp3) is 0.333. The highest BCUT2D eigenvalue weighted by molar-refractivity contribution is 6.31. The Hall–Kier alpha value is -4.53. The molecule has 3 rings (SSSR count). The number of hydrazine groups is 1. The van der Waals surface area contributed by atoms with Crippen LogP contribution in [0.2, 0.25) is 5.15 Å². The molecular weight excluding hydrogens is 570 g/mol. The highest BCUT2D eigenvalue weighted by Crippen LogP contribution is 2.25. The van der Waals surface area contributed by atoms with Gasteiger partial charge in [-0.15, -0.1) is 20.3 Å². The lowest BCUT2D eigenvalue weighted by atomic mass is 9.98. The molecule has 0 aliphatic rings. The van der Waals surface area contributed by atoms with Gasteiger partial charge in [0, 0.05) is 18.5 Å². The number of rotatable bonds is 16. The van der Waals surface area contributed by atoms with Gasteiger partial charge >= 0.3 is 6.09 Å². The Balaban J connectivity index is 1.67. The molecule has 2 aromatic carbocycles. The smallest absolute Gasteiger partial charge is 0.445 e. The first-order chi connectivity index (χ1) is 20.2. The Bertz CT molecular complexity index is 1400. The van der Waals surface area contributed by atoms with E-state index < -0.39 is 11.2 Å². The van der Waals surface area contributed by atoms with Gasteiger partial charge in [0.15, 0.2) is 17.3 Å². The Labute approximate surface area is 246 Å². The third-order valence-corrected chi connectivity index (χ3v) is 6.27. The number of benzene rings is 2. The lowest BCUT2D eigenvalue weighted by Gasteiger charge is -2.14. The Kier molecular flexibility index (Phi) is 12.2. The first kappa shape index (κ1) is 32.0. The first-order valence-electron chi connectivity index (χ1n) is 13.0. The maximum absolute atomic E-state index is 12.2. The first-order valence-corrected chi connectivity index (χ1v) is 13.4. The number of amidine groups is 1. The van der Waals surface area contributed by atoms with E-state index >= 15 is 0 Å². The number of nitrogens with zero attached hydrogens (tertiary/aromatic N) is 5. The number of aldehydes is 1. The fourth-order valence-corrected chi connectivity index (χ4v) is 4.21. The van der Waals surface area contributed by atoms with Crippen molar-refractivity contribution in [3.05, 3.63) is 86.4 Å². The molecule has 4 N–H and O–H groups in total. The number of aromatic nitrogens is 2. The number of hydrogen-bond donors (Lipinski definition) is 2. The Morgan fingerprint density at radius 3 is 2.57 bits per heavy atom. The summed E-state index contributed by atoms with van der Waals surface area (Å²) in [6.07, 6.45) is 2.39. The minimum atomic E-state index is -0.975. The summed E-state index contributed by atoms with van der Waals surface area (Å²) in [5.74, 6) is 6.46. The average molecular weight is 602 g/mol. The predicted octanol–water partition coefficient (Wildman–Crippen LogP) is 3.56. The summed E-state index contributed by atoms with van der Waals surface area (Å²) in [5.41, 5.74) is 9.61. The van der Waals surface area contributed by atoms with E-state index in [2.05, 4.69) is 21.8 Å². The lowest BCUT2D eigenvalue weighted by molar-refractivity contribution is -0.758. The van der Waals surface area contributed by atoms with E-state index in [-0.39, 0.29) is 37.4 Å². The summed E-state index contributed by atoms with van der Waals surface area (Å²) >= 11 is 6.20. The molecule has 0 fully saturated rings. The minimum Gasteiger partial charge on any atom is -0.445 e. The van der Waals surface area contributed by atoms with Crippen LogP contribution in [0.25, 0.3) is 11.1 Å². The molecule has 0 saturated carbocycles. The zero-order valence-corrected chi connectivity index (χ0v) is 23.7. The van der Waals surface area contributed by atoms with Crippen LogP contribution in [-0.4, -0.2) is 64.4 Å². The minimum absolute atomic E-state index is 0.0217. The van der Waals surface area contributed by atoms with Crippen molar-refractivity contribution in [2.45, 2.75) is 32.7 Å². The molecular formula is C27H32ClN7O7. The van der Waals surface area contributed by atoms with E-state index in [1.54, 1.807) is 12.1 Å². The number of hydrogen-bond acceptors (Lipinski definition) is 10. The van der Waals surface area contributed by atoms with E-state index in [9.17, 15) is 19.7 Å². The van der Waals surface area contributed by atoms with Crippen LogP contribution in [0.4, 0.5) is 4.79 Å². The summed E-state index contributed by atoms with van der Waals surface area (Å²) < 4.78 is 11.8. The number of carbonyl (C=O) groups excluding carboxylic acids is 2. The van der Waals surface area contributed by atoms with Crippen LogP contribution >= 0.6 is 11.6 Å². The molecule has 3 aromatic rings. The maximum atomic E-state index is 12.2. The average Bonchev–Trinajstić information content (AvgIpc) is 3.28. The molecule has 0 aliphatic heterocycles. The number of imidazole rings is 1. The van der Waals surface area contributed by atoms with Gasteiger partial charge in [-0.2, -0.15) is 0 Å². The highest BCUT2D eigenvalue weighted by Gasteiger charge is 2.17. The molecule has 0 bridgehead atoms. The SMILES string of the molecule is CCCCc1nc(Cl)c(C=O)n1Cc1ccc(-c2ccccc2/C(N)=N/N(N)C(=O)OCCOCCO[N+](=O)[O-])cc1. The molecule has 14 nitrogen and oxygen atoms in total. The predicted molar refractivity (Wildman–Crippen MR) is 154 cm³/mol. The number of ether oxygens (including phenoxy) is 2. The van der Waals surface area contributed by atoms with E-state index in [0.29, 0.717) is 22.9 Å². The third kappa shape index (κ3) is 8.99. The van der Waals surface area contributed by atoms with Gasteiger partial charge in [0.2, 0.25) is 0 Å². The van der Waals surface area contributed by atoms with Crippen molar-refractivity contribution < 1.29 is 29.0 Å². The molecule has 1 aromatic heterocycles. The summed E-state index contributed by atoms with van der Waals surface area (Å²) in [6.45, 7) is 2.03. The van der Waals surface area contributed by atoms with Gasteiger partial charge in [0.05, 0.1) is 13.2 Å². The molecule has 0 unspecified atom stereocenters. The summed E-state index contributed by atoms with van der Waals surface area (Å²) in [4.78, 5) is 42.4. The largest absolute Gasteiger partial charge is 0.445 e. The van der Waals surface area contributed by atoms with Gasteiger partial charge < -0.3 is 24.6 Å². The standard InChI is InChI=1S/C27H32ClN7O7/c1-2-3-8-24-31-25(28)23(18-36)33(24)17-19-9-11-20(12-10-19)21-6-4-5-7-22(21)26(29)32-34(30)27(37)41-15-13-40-14-16-42-35(38)39/h4-7,9-12,18H,2-3,8,13-17,30H2,1H3,(H2,29,32). The summed E-state index contributed by atoms with van der Waals surface area (Å²) in [6, 6.07) is 14.9. The number of hydrazone groups is 1. The Morgan fingerprint density at radius 1 is 1.17 bits per heavy atom. The molecule has 1 amide bonds. The van der Waals surface area contributed by atoms with Crippen molar-refractivity contribution in [3.63, 3.8) is 0 Å². The van der Waals surface area contributed by atoms with Crippen LogP contribution in [0, 0.1) is 10.1 Å². The summed E-state index contributed by atoms with van der Waals surface area (Å²) in [5, 5.41) is 13.8. The second-order valence-electron chi connectivity index (χ2n) is 8.87. The van der Waals surface area contributed by atoms with Gasteiger partial charge in [-0.05, 0) is 23.1 Å². The molecule has 42 heavy (non-hydrogen) atoms. The van der Waals surface area contributed by atoms with E-state index in [1.807, 2.05) is 41.0 Å². The number of unbranched alkanes of at least 4 members (excludes halogenated alkanes) is 1. The van der Waals surface area contributed by atoms with Crippen LogP contribution in [-0.2, 0) is 27.3 Å². The molecule has 0 atom stereocenters. The van der Waals surface area contributed by atoms with Crippen LogP contribution in [0.5, 0.6) is 0 Å². The number of halogens is 1. The van der Waals surface area contributed by atoms with E-state index in [4.69, 9.17) is 32.7 Å². The zero-order chi connectivity index (χ0) is 30.5. The molecule has 1 heterocycles. The van der Waals surface area contributed by atoms with Crippen molar-refractivity contribution in [1.29, 1.82) is 0 Å². The van der Waals surface area contributed by atoms with Gasteiger partial charge in [-0.25, -0.2) is 15.6 Å². The quantitative estimate of drug-likeness (QED) is 0.0358. The molecule has 224 valence electrons. The van der Waals surface area contributed by atoms with Crippen molar-refractivity contribution in [2.75, 3.05) is 26.4 Å². The van der Waals surface area contributed by atoms with Crippen molar-refractivity contribution in [3.8, 4) is 11.1 Å². The molecule has 15 heteroatoms. The van der Waals surface area contributed by atoms with Crippen LogP contribution in [0.1, 0.15) is 47.2 Å². The number of nitrogens with two attached hydrogens (primary N) is 2. The topological polar surface area (TPSA) is 190 Å². The van der Waals surface area contributed by atoms with Crippen LogP contribution in [0.15, 0.2) is 53.6 Å². The zero-order valence-electron chi connectivity index (χ0n) is 23.0. The van der Waals surface area contributed by atoms with Crippen molar-refractivity contribution in [2.24, 2.45) is 16.7 Å². The summed E-state index contributed by atoms with van der Waals surface area (Å²) in [7, 11) is 0. The molecule has 0 spiro atoms. The normalized spacial score (nSPS) is 11.3. The third-order valence-electron chi connectivity index (χ3n) is 6.00. The number of amides is 1. The number of carbonyl (C=O) groups is 2. The Morgan fingerprint density at radius 2 is 1.88 bits per heavy atom. The molecule has 0 radical (unpaired) electrons.